The van der Waals surface area contributed by atoms with Crippen LogP contribution in [0.5, 0.6) is 5.75 Å². The zero-order valence-corrected chi connectivity index (χ0v) is 17.5. The predicted molar refractivity (Wildman–Crippen MR) is 114 cm³/mol. The fraction of sp³-hybridized carbons (Fsp3) is 0.435. The lowest BCUT2D eigenvalue weighted by molar-refractivity contribution is 0.0948. The summed E-state index contributed by atoms with van der Waals surface area (Å²) in [7, 11) is 0. The second kappa shape index (κ2) is 7.50. The van der Waals surface area contributed by atoms with Crippen LogP contribution >= 0.6 is 0 Å². The first-order chi connectivity index (χ1) is 13.8. The van der Waals surface area contributed by atoms with Crippen molar-refractivity contribution in [2.75, 3.05) is 13.2 Å². The van der Waals surface area contributed by atoms with Gasteiger partial charge in [-0.3, -0.25) is 4.79 Å². The third-order valence-corrected chi connectivity index (χ3v) is 5.11. The van der Waals surface area contributed by atoms with E-state index in [0.717, 1.165) is 41.0 Å². The molecule has 0 atom stereocenters. The van der Waals surface area contributed by atoms with Gasteiger partial charge in [0.1, 0.15) is 12.4 Å². The molecule has 4 rings (SSSR count). The maximum Gasteiger partial charge on any atom is 0.252 e. The Morgan fingerprint density at radius 1 is 1.24 bits per heavy atom. The molecule has 2 heterocycles. The third-order valence-electron chi connectivity index (χ3n) is 5.11. The first-order valence-corrected chi connectivity index (χ1v) is 10.2. The summed E-state index contributed by atoms with van der Waals surface area (Å²) in [6, 6.07) is 11.6. The number of pyridine rings is 1. The Hall–Kier alpha value is -2.89. The summed E-state index contributed by atoms with van der Waals surface area (Å²) < 4.78 is 7.62. The summed E-state index contributed by atoms with van der Waals surface area (Å²) in [5.74, 6) is 1.15. The Morgan fingerprint density at radius 2 is 1.97 bits per heavy atom. The van der Waals surface area contributed by atoms with E-state index >= 15 is 0 Å². The number of rotatable bonds is 6. The number of amides is 1. The summed E-state index contributed by atoms with van der Waals surface area (Å²) in [4.78, 5) is 17.9. The van der Waals surface area contributed by atoms with Crippen molar-refractivity contribution in [1.29, 1.82) is 0 Å². The van der Waals surface area contributed by atoms with Gasteiger partial charge in [0.2, 0.25) is 0 Å². The van der Waals surface area contributed by atoms with Gasteiger partial charge < -0.3 is 10.1 Å². The van der Waals surface area contributed by atoms with E-state index in [1.165, 1.54) is 0 Å². The van der Waals surface area contributed by atoms with Crippen molar-refractivity contribution in [2.24, 2.45) is 0 Å². The topological polar surface area (TPSA) is 69.0 Å². The molecule has 1 amide bonds. The van der Waals surface area contributed by atoms with Crippen LogP contribution in [-0.2, 0) is 5.54 Å². The highest BCUT2D eigenvalue weighted by Crippen LogP contribution is 2.40. The van der Waals surface area contributed by atoms with E-state index in [4.69, 9.17) is 14.8 Å². The van der Waals surface area contributed by atoms with Crippen LogP contribution in [0.25, 0.3) is 11.0 Å². The molecule has 0 aliphatic heterocycles. The molecule has 152 valence electrons. The number of carbonyl (C=O) groups is 1. The molecule has 1 aliphatic carbocycles. The van der Waals surface area contributed by atoms with Gasteiger partial charge in [0, 0.05) is 11.6 Å². The van der Waals surface area contributed by atoms with E-state index in [-0.39, 0.29) is 11.4 Å². The summed E-state index contributed by atoms with van der Waals surface area (Å²) in [5.41, 5.74) is 3.07. The zero-order chi connectivity index (χ0) is 20.6. The molecule has 0 bridgehead atoms. The standard InChI is InChI=1S/C23H28N4O2/c1-15-20-18(22(28)24-12-13-29-17-8-6-5-7-9-17)14-19(16-10-11-16)25-21(20)27(26-15)23(2,3)4/h5-9,14,16H,10-13H2,1-4H3,(H,24,28). The molecule has 0 spiro atoms. The molecule has 1 aromatic carbocycles. The molecule has 6 nitrogen and oxygen atoms in total. The summed E-state index contributed by atoms with van der Waals surface area (Å²) in [6.07, 6.45) is 2.26. The van der Waals surface area contributed by atoms with Crippen molar-refractivity contribution in [3.8, 4) is 5.75 Å². The number of para-hydroxylation sites is 1. The number of ether oxygens (including phenoxy) is 1. The van der Waals surface area contributed by atoms with Gasteiger partial charge in [-0.05, 0) is 58.7 Å². The molecule has 3 aromatic rings. The number of carbonyl (C=O) groups excluding carboxylic acids is 1. The molecule has 0 unspecified atom stereocenters. The van der Waals surface area contributed by atoms with Crippen molar-refractivity contribution in [1.82, 2.24) is 20.1 Å². The number of nitrogens with one attached hydrogen (secondary N) is 1. The second-order valence-corrected chi connectivity index (χ2v) is 8.65. The van der Waals surface area contributed by atoms with Crippen molar-refractivity contribution < 1.29 is 9.53 Å². The average Bonchev–Trinajstić information content (AvgIpc) is 3.48. The summed E-state index contributed by atoms with van der Waals surface area (Å²) in [5, 5.41) is 8.54. The summed E-state index contributed by atoms with van der Waals surface area (Å²) in [6.45, 7) is 9.10. The zero-order valence-electron chi connectivity index (χ0n) is 17.5. The van der Waals surface area contributed by atoms with E-state index in [1.807, 2.05) is 48.0 Å². The third kappa shape index (κ3) is 4.11. The molecular weight excluding hydrogens is 364 g/mol. The van der Waals surface area contributed by atoms with Gasteiger partial charge in [-0.2, -0.15) is 5.10 Å². The quantitative estimate of drug-likeness (QED) is 0.639. The molecule has 29 heavy (non-hydrogen) atoms. The van der Waals surface area contributed by atoms with Gasteiger partial charge >= 0.3 is 0 Å². The van der Waals surface area contributed by atoms with Gasteiger partial charge in [0.15, 0.2) is 5.65 Å². The van der Waals surface area contributed by atoms with E-state index in [9.17, 15) is 4.79 Å². The van der Waals surface area contributed by atoms with Crippen LogP contribution in [0.15, 0.2) is 36.4 Å². The normalized spacial score (nSPS) is 14.2. The minimum absolute atomic E-state index is 0.104. The van der Waals surface area contributed by atoms with Gasteiger partial charge in [0.05, 0.1) is 28.7 Å². The molecule has 2 aromatic heterocycles. The van der Waals surface area contributed by atoms with E-state index < -0.39 is 0 Å². The van der Waals surface area contributed by atoms with Crippen LogP contribution in [0.4, 0.5) is 0 Å². The maximum absolute atomic E-state index is 13.0. The lowest BCUT2D eigenvalue weighted by atomic mass is 10.1. The van der Waals surface area contributed by atoms with Gasteiger partial charge in [-0.25, -0.2) is 9.67 Å². The fourth-order valence-corrected chi connectivity index (χ4v) is 3.49. The molecule has 1 saturated carbocycles. The van der Waals surface area contributed by atoms with Crippen LogP contribution in [0.2, 0.25) is 0 Å². The Kier molecular flexibility index (Phi) is 5.03. The number of benzene rings is 1. The van der Waals surface area contributed by atoms with Crippen LogP contribution < -0.4 is 10.1 Å². The van der Waals surface area contributed by atoms with Crippen molar-refractivity contribution in [3.63, 3.8) is 0 Å². The van der Waals surface area contributed by atoms with Crippen LogP contribution in [-0.4, -0.2) is 33.8 Å². The van der Waals surface area contributed by atoms with Crippen LogP contribution in [0, 0.1) is 6.92 Å². The fourth-order valence-electron chi connectivity index (χ4n) is 3.49. The minimum Gasteiger partial charge on any atom is -0.492 e. The molecule has 0 saturated heterocycles. The Balaban J connectivity index is 1.58. The van der Waals surface area contributed by atoms with E-state index in [0.29, 0.717) is 24.6 Å². The first kappa shape index (κ1) is 19.4. The second-order valence-electron chi connectivity index (χ2n) is 8.65. The molecule has 1 N–H and O–H groups in total. The number of aromatic nitrogens is 3. The average molecular weight is 393 g/mol. The lowest BCUT2D eigenvalue weighted by Gasteiger charge is -2.20. The van der Waals surface area contributed by atoms with Crippen LogP contribution in [0.1, 0.15) is 61.3 Å². The number of hydrogen-bond acceptors (Lipinski definition) is 4. The Morgan fingerprint density at radius 3 is 2.62 bits per heavy atom. The monoisotopic (exact) mass is 392 g/mol. The van der Waals surface area contributed by atoms with Crippen molar-refractivity contribution in [3.05, 3.63) is 53.3 Å². The molecule has 6 heteroatoms. The number of fused-ring (bicyclic) bond motifs is 1. The van der Waals surface area contributed by atoms with Gasteiger partial charge in [0.25, 0.3) is 5.91 Å². The van der Waals surface area contributed by atoms with E-state index in [1.54, 1.807) is 0 Å². The van der Waals surface area contributed by atoms with Crippen molar-refractivity contribution >= 4 is 16.9 Å². The van der Waals surface area contributed by atoms with Gasteiger partial charge in [-0.15, -0.1) is 0 Å². The molecule has 0 radical (unpaired) electrons. The predicted octanol–water partition coefficient (Wildman–Crippen LogP) is 4.18. The Labute approximate surface area is 171 Å². The number of nitrogens with zero attached hydrogens (tertiary/aromatic N) is 3. The molecular formula is C23H28N4O2. The van der Waals surface area contributed by atoms with Crippen molar-refractivity contribution in [2.45, 2.75) is 52.0 Å². The number of hydrogen-bond donors (Lipinski definition) is 1. The van der Waals surface area contributed by atoms with E-state index in [2.05, 4.69) is 26.1 Å². The maximum atomic E-state index is 13.0. The minimum atomic E-state index is -0.209. The van der Waals surface area contributed by atoms with Gasteiger partial charge in [-0.1, -0.05) is 18.2 Å². The molecule has 1 fully saturated rings. The highest BCUT2D eigenvalue weighted by Gasteiger charge is 2.30. The SMILES string of the molecule is Cc1nn(C(C)(C)C)c2nc(C3CC3)cc(C(=O)NCCOc3ccccc3)c12. The smallest absolute Gasteiger partial charge is 0.252 e. The Bertz CT molecular complexity index is 1030. The highest BCUT2D eigenvalue weighted by molar-refractivity contribution is 6.06. The molecule has 1 aliphatic rings. The largest absolute Gasteiger partial charge is 0.492 e. The van der Waals surface area contributed by atoms with Crippen LogP contribution in [0.3, 0.4) is 0 Å². The first-order valence-electron chi connectivity index (χ1n) is 10.2. The number of aryl methyl sites for hydroxylation is 1. The highest BCUT2D eigenvalue weighted by atomic mass is 16.5. The summed E-state index contributed by atoms with van der Waals surface area (Å²) >= 11 is 0. The lowest BCUT2D eigenvalue weighted by Crippen LogP contribution is -2.28.